The summed E-state index contributed by atoms with van der Waals surface area (Å²) in [5, 5.41) is 0. The number of ether oxygens (including phenoxy) is 1. The van der Waals surface area contributed by atoms with E-state index >= 15 is 0 Å². The maximum atomic E-state index is 13.0. The van der Waals surface area contributed by atoms with Crippen molar-refractivity contribution in [2.45, 2.75) is 31.2 Å². The smallest absolute Gasteiger partial charge is 0.272 e. The van der Waals surface area contributed by atoms with Crippen molar-refractivity contribution in [1.82, 2.24) is 14.8 Å². The summed E-state index contributed by atoms with van der Waals surface area (Å²) >= 11 is 0. The van der Waals surface area contributed by atoms with Crippen LogP contribution >= 0.6 is 0 Å². The predicted octanol–water partition coefficient (Wildman–Crippen LogP) is 2.96. The number of pyridine rings is 1. The van der Waals surface area contributed by atoms with Crippen LogP contribution in [0.15, 0.2) is 48.7 Å². The molecule has 3 aliphatic rings. The van der Waals surface area contributed by atoms with Gasteiger partial charge in [-0.05, 0) is 49.1 Å². The van der Waals surface area contributed by atoms with Gasteiger partial charge in [0.2, 0.25) is 5.91 Å². The fraction of sp³-hybridized carbons (Fsp3) is 0.458. The Balaban J connectivity index is 1.43. The summed E-state index contributed by atoms with van der Waals surface area (Å²) in [6.07, 6.45) is 4.51. The van der Waals surface area contributed by atoms with Crippen molar-refractivity contribution < 1.29 is 14.3 Å². The Hall–Kier alpha value is -2.89. The first-order valence-corrected chi connectivity index (χ1v) is 10.8. The van der Waals surface area contributed by atoms with E-state index in [1.54, 1.807) is 19.4 Å². The molecule has 2 saturated heterocycles. The lowest BCUT2D eigenvalue weighted by Crippen LogP contribution is -2.50. The average molecular weight is 405 g/mol. The number of fused-ring (bicyclic) bond motifs is 1. The molecular weight excluding hydrogens is 378 g/mol. The first-order valence-electron chi connectivity index (χ1n) is 10.8. The van der Waals surface area contributed by atoms with Crippen LogP contribution in [0, 0.1) is 11.8 Å². The Bertz CT molecular complexity index is 944. The molecule has 1 saturated carbocycles. The van der Waals surface area contributed by atoms with Gasteiger partial charge in [-0.25, -0.2) is 0 Å². The molecule has 0 bridgehead atoms. The van der Waals surface area contributed by atoms with Gasteiger partial charge in [-0.15, -0.1) is 0 Å². The maximum Gasteiger partial charge on any atom is 0.272 e. The number of likely N-dealkylation sites (tertiary alicyclic amines) is 2. The number of nitrogens with zero attached hydrogens (tertiary/aromatic N) is 3. The van der Waals surface area contributed by atoms with Crippen LogP contribution in [-0.4, -0.2) is 59.4 Å². The predicted molar refractivity (Wildman–Crippen MR) is 112 cm³/mol. The minimum absolute atomic E-state index is 0.0228. The summed E-state index contributed by atoms with van der Waals surface area (Å²) in [7, 11) is 1.67. The highest BCUT2D eigenvalue weighted by atomic mass is 16.5. The van der Waals surface area contributed by atoms with Crippen molar-refractivity contribution in [2.75, 3.05) is 26.7 Å². The van der Waals surface area contributed by atoms with E-state index in [2.05, 4.69) is 22.0 Å². The molecule has 6 heteroatoms. The molecule has 1 aromatic heterocycles. The van der Waals surface area contributed by atoms with Crippen LogP contribution in [0.25, 0.3) is 0 Å². The first kappa shape index (κ1) is 19.1. The third-order valence-electron chi connectivity index (χ3n) is 6.83. The van der Waals surface area contributed by atoms with Crippen LogP contribution in [-0.2, 0) is 4.79 Å². The zero-order chi connectivity index (χ0) is 20.7. The SMILES string of the molecule is COc1cccc([C@H]2CN(C(=O)C3CC3)[C@@H]3CCN(C(=O)c4ccccn4)C[C@H]23)c1. The quantitative estimate of drug-likeness (QED) is 0.785. The Kier molecular flexibility index (Phi) is 4.93. The fourth-order valence-electron chi connectivity index (χ4n) is 5.11. The monoisotopic (exact) mass is 405 g/mol. The number of hydrogen-bond donors (Lipinski definition) is 0. The maximum absolute atomic E-state index is 13.0. The van der Waals surface area contributed by atoms with Gasteiger partial charge < -0.3 is 14.5 Å². The summed E-state index contributed by atoms with van der Waals surface area (Å²) in [6, 6.07) is 13.8. The Labute approximate surface area is 176 Å². The first-order chi connectivity index (χ1) is 14.7. The summed E-state index contributed by atoms with van der Waals surface area (Å²) < 4.78 is 5.44. The fourth-order valence-corrected chi connectivity index (χ4v) is 5.11. The number of aromatic nitrogens is 1. The van der Waals surface area contributed by atoms with Gasteiger partial charge in [0.15, 0.2) is 0 Å². The summed E-state index contributed by atoms with van der Waals surface area (Å²) in [5.74, 6) is 1.75. The molecule has 0 N–H and O–H groups in total. The summed E-state index contributed by atoms with van der Waals surface area (Å²) in [6.45, 7) is 2.04. The summed E-state index contributed by atoms with van der Waals surface area (Å²) in [5.41, 5.74) is 1.67. The highest BCUT2D eigenvalue weighted by molar-refractivity contribution is 5.92. The van der Waals surface area contributed by atoms with Crippen molar-refractivity contribution in [1.29, 1.82) is 0 Å². The van der Waals surface area contributed by atoms with Crippen molar-refractivity contribution in [2.24, 2.45) is 11.8 Å². The van der Waals surface area contributed by atoms with Gasteiger partial charge in [-0.3, -0.25) is 14.6 Å². The van der Waals surface area contributed by atoms with Gasteiger partial charge in [0.25, 0.3) is 5.91 Å². The Morgan fingerprint density at radius 3 is 2.67 bits per heavy atom. The molecule has 6 nitrogen and oxygen atoms in total. The van der Waals surface area contributed by atoms with Gasteiger partial charge >= 0.3 is 0 Å². The van der Waals surface area contributed by atoms with Crippen molar-refractivity contribution >= 4 is 11.8 Å². The topological polar surface area (TPSA) is 62.7 Å². The third-order valence-corrected chi connectivity index (χ3v) is 6.83. The molecular formula is C24H27N3O3. The second-order valence-electron chi connectivity index (χ2n) is 8.63. The van der Waals surface area contributed by atoms with E-state index in [0.717, 1.165) is 31.6 Å². The molecule has 1 aliphatic carbocycles. The zero-order valence-corrected chi connectivity index (χ0v) is 17.2. The number of benzene rings is 1. The van der Waals surface area contributed by atoms with Crippen LogP contribution in [0.3, 0.4) is 0 Å². The van der Waals surface area contributed by atoms with Crippen molar-refractivity contribution in [3.63, 3.8) is 0 Å². The number of methoxy groups -OCH3 is 1. The van der Waals surface area contributed by atoms with Gasteiger partial charge in [-0.1, -0.05) is 18.2 Å². The highest BCUT2D eigenvalue weighted by Gasteiger charge is 2.50. The van der Waals surface area contributed by atoms with Crippen LogP contribution in [0.4, 0.5) is 0 Å². The number of amides is 2. The molecule has 2 amide bonds. The molecule has 2 aromatic rings. The lowest BCUT2D eigenvalue weighted by molar-refractivity contribution is -0.134. The van der Waals surface area contributed by atoms with Crippen LogP contribution in [0.1, 0.15) is 41.2 Å². The van der Waals surface area contributed by atoms with E-state index in [1.165, 1.54) is 5.56 Å². The molecule has 3 heterocycles. The number of hydrogen-bond acceptors (Lipinski definition) is 4. The number of piperidine rings is 1. The third kappa shape index (κ3) is 3.44. The standard InChI is InChI=1S/C24H27N3O3/c1-30-18-6-4-5-17(13-18)19-15-27(23(28)16-8-9-16)22-10-12-26(14-20(19)22)24(29)21-7-2-3-11-25-21/h2-7,11,13,16,19-20,22H,8-10,12,14-15H2,1H3/t19-,20-,22-/m1/s1. The average Bonchev–Trinajstić information content (AvgIpc) is 3.59. The normalized spacial score (nSPS) is 25.7. The molecule has 3 atom stereocenters. The minimum Gasteiger partial charge on any atom is -0.497 e. The minimum atomic E-state index is -0.0228. The van der Waals surface area contributed by atoms with Gasteiger partial charge in [-0.2, -0.15) is 0 Å². The lowest BCUT2D eigenvalue weighted by Gasteiger charge is -2.39. The number of rotatable bonds is 4. The summed E-state index contributed by atoms with van der Waals surface area (Å²) in [4.78, 5) is 34.3. The molecule has 0 unspecified atom stereocenters. The molecule has 1 aromatic carbocycles. The molecule has 0 spiro atoms. The van der Waals surface area contributed by atoms with E-state index in [9.17, 15) is 9.59 Å². The van der Waals surface area contributed by atoms with Crippen LogP contribution in [0.5, 0.6) is 5.75 Å². The van der Waals surface area contributed by atoms with E-state index in [-0.39, 0.29) is 29.7 Å². The van der Waals surface area contributed by atoms with Crippen LogP contribution in [0.2, 0.25) is 0 Å². The van der Waals surface area contributed by atoms with E-state index in [0.29, 0.717) is 24.7 Å². The van der Waals surface area contributed by atoms with Gasteiger partial charge in [0.05, 0.1) is 7.11 Å². The lowest BCUT2D eigenvalue weighted by atomic mass is 9.81. The van der Waals surface area contributed by atoms with Crippen molar-refractivity contribution in [3.8, 4) is 5.75 Å². The largest absolute Gasteiger partial charge is 0.497 e. The van der Waals surface area contributed by atoms with Gasteiger partial charge in [0, 0.05) is 49.6 Å². The molecule has 30 heavy (non-hydrogen) atoms. The second-order valence-corrected chi connectivity index (χ2v) is 8.63. The molecule has 3 fully saturated rings. The zero-order valence-electron chi connectivity index (χ0n) is 17.2. The Morgan fingerprint density at radius 1 is 1.07 bits per heavy atom. The van der Waals surface area contributed by atoms with Crippen LogP contribution < -0.4 is 4.74 Å². The van der Waals surface area contributed by atoms with E-state index < -0.39 is 0 Å². The Morgan fingerprint density at radius 2 is 1.93 bits per heavy atom. The van der Waals surface area contributed by atoms with Gasteiger partial charge in [0.1, 0.15) is 11.4 Å². The van der Waals surface area contributed by atoms with E-state index in [1.807, 2.05) is 29.2 Å². The number of carbonyl (C=O) groups is 2. The molecule has 2 aliphatic heterocycles. The van der Waals surface area contributed by atoms with Crippen molar-refractivity contribution in [3.05, 3.63) is 59.9 Å². The van der Waals surface area contributed by atoms with E-state index in [4.69, 9.17) is 4.74 Å². The molecule has 0 radical (unpaired) electrons. The molecule has 156 valence electrons. The highest BCUT2D eigenvalue weighted by Crippen LogP contribution is 2.44. The molecule has 5 rings (SSSR count). The second kappa shape index (κ2) is 7.74. The number of carbonyl (C=O) groups excluding carboxylic acids is 2.